The summed E-state index contributed by atoms with van der Waals surface area (Å²) in [6, 6.07) is 9.12. The number of aromatic carboxylic acids is 1. The Morgan fingerprint density at radius 3 is 2.33 bits per heavy atom. The molecule has 2 aromatic rings. The highest BCUT2D eigenvalue weighted by molar-refractivity contribution is 7.84. The SMILES string of the molecule is Cc1cc(C)cc(CS(=O)c2cc(C(=O)O)ccc2F)c1. The molecule has 0 aliphatic rings. The maximum Gasteiger partial charge on any atom is 0.335 e. The summed E-state index contributed by atoms with van der Waals surface area (Å²) in [5, 5.41) is 8.92. The lowest BCUT2D eigenvalue weighted by Gasteiger charge is -2.07. The first kappa shape index (κ1) is 15.4. The minimum absolute atomic E-state index is 0.0693. The Bertz CT molecular complexity index is 705. The lowest BCUT2D eigenvalue weighted by molar-refractivity contribution is 0.0696. The van der Waals surface area contributed by atoms with E-state index in [2.05, 4.69) is 0 Å². The third kappa shape index (κ3) is 3.76. The van der Waals surface area contributed by atoms with Crippen LogP contribution in [0.4, 0.5) is 4.39 Å². The Morgan fingerprint density at radius 1 is 1.14 bits per heavy atom. The van der Waals surface area contributed by atoms with Crippen molar-refractivity contribution in [2.45, 2.75) is 24.5 Å². The van der Waals surface area contributed by atoms with Crippen LogP contribution >= 0.6 is 0 Å². The van der Waals surface area contributed by atoms with Crippen molar-refractivity contribution < 1.29 is 18.5 Å². The number of hydrogen-bond donors (Lipinski definition) is 1. The van der Waals surface area contributed by atoms with Gasteiger partial charge < -0.3 is 5.11 Å². The molecule has 0 saturated carbocycles. The van der Waals surface area contributed by atoms with Gasteiger partial charge in [-0.2, -0.15) is 0 Å². The molecular formula is C16H15FO3S. The van der Waals surface area contributed by atoms with Crippen LogP contribution in [0.1, 0.15) is 27.0 Å². The third-order valence-corrected chi connectivity index (χ3v) is 4.40. The van der Waals surface area contributed by atoms with Crippen molar-refractivity contribution in [2.24, 2.45) is 0 Å². The second-order valence-electron chi connectivity index (χ2n) is 4.94. The van der Waals surface area contributed by atoms with Crippen LogP contribution in [-0.2, 0) is 16.6 Å². The molecule has 0 heterocycles. The Hall–Kier alpha value is -2.01. The lowest BCUT2D eigenvalue weighted by atomic mass is 10.1. The molecule has 0 aliphatic heterocycles. The van der Waals surface area contributed by atoms with Crippen molar-refractivity contribution in [2.75, 3.05) is 0 Å². The number of carboxylic acids is 1. The second kappa shape index (κ2) is 6.18. The first-order valence-electron chi connectivity index (χ1n) is 6.35. The first-order chi connectivity index (χ1) is 9.86. The predicted octanol–water partition coefficient (Wildman–Crippen LogP) is 3.45. The van der Waals surface area contributed by atoms with Crippen molar-refractivity contribution in [1.29, 1.82) is 0 Å². The molecule has 2 aromatic carbocycles. The summed E-state index contributed by atoms with van der Waals surface area (Å²) in [7, 11) is -1.63. The summed E-state index contributed by atoms with van der Waals surface area (Å²) in [5.41, 5.74) is 2.86. The molecule has 0 saturated heterocycles. The van der Waals surface area contributed by atoms with Crippen LogP contribution in [0.25, 0.3) is 0 Å². The molecule has 3 nitrogen and oxygen atoms in total. The number of rotatable bonds is 4. The Labute approximate surface area is 124 Å². The van der Waals surface area contributed by atoms with Crippen molar-refractivity contribution in [1.82, 2.24) is 0 Å². The summed E-state index contributed by atoms with van der Waals surface area (Å²) in [5.74, 6) is -1.66. The van der Waals surface area contributed by atoms with E-state index in [0.717, 1.165) is 34.9 Å². The summed E-state index contributed by atoms with van der Waals surface area (Å²) in [6.45, 7) is 3.87. The molecule has 0 aliphatic carbocycles. The number of benzene rings is 2. The van der Waals surface area contributed by atoms with Crippen molar-refractivity contribution >= 4 is 16.8 Å². The van der Waals surface area contributed by atoms with Crippen LogP contribution in [0.2, 0.25) is 0 Å². The van der Waals surface area contributed by atoms with Crippen LogP contribution in [0.3, 0.4) is 0 Å². The highest BCUT2D eigenvalue weighted by Gasteiger charge is 2.14. The van der Waals surface area contributed by atoms with E-state index in [-0.39, 0.29) is 16.2 Å². The fourth-order valence-corrected chi connectivity index (χ4v) is 3.36. The van der Waals surface area contributed by atoms with Crippen LogP contribution in [0.15, 0.2) is 41.3 Å². The van der Waals surface area contributed by atoms with E-state index in [1.807, 2.05) is 32.0 Å². The van der Waals surface area contributed by atoms with Gasteiger partial charge in [-0.25, -0.2) is 9.18 Å². The molecule has 0 radical (unpaired) electrons. The molecule has 110 valence electrons. The molecule has 0 amide bonds. The van der Waals surface area contributed by atoms with Gasteiger partial charge in [0, 0.05) is 0 Å². The maximum atomic E-state index is 13.8. The van der Waals surface area contributed by atoms with Gasteiger partial charge in [-0.1, -0.05) is 29.3 Å². The van der Waals surface area contributed by atoms with Gasteiger partial charge in [0.15, 0.2) is 0 Å². The molecule has 0 bridgehead atoms. The minimum Gasteiger partial charge on any atom is -0.478 e. The molecule has 1 atom stereocenters. The van der Waals surface area contributed by atoms with Crippen molar-refractivity contribution in [3.63, 3.8) is 0 Å². The van der Waals surface area contributed by atoms with Gasteiger partial charge in [0.05, 0.1) is 27.0 Å². The topological polar surface area (TPSA) is 54.4 Å². The van der Waals surface area contributed by atoms with E-state index in [0.29, 0.717) is 0 Å². The highest BCUT2D eigenvalue weighted by atomic mass is 32.2. The summed E-state index contributed by atoms with van der Waals surface area (Å²) < 4.78 is 26.1. The summed E-state index contributed by atoms with van der Waals surface area (Å²) >= 11 is 0. The minimum atomic E-state index is -1.63. The Balaban J connectivity index is 2.31. The lowest BCUT2D eigenvalue weighted by Crippen LogP contribution is -2.04. The number of carbonyl (C=O) groups is 1. The predicted molar refractivity (Wildman–Crippen MR) is 79.4 cm³/mol. The summed E-state index contributed by atoms with van der Waals surface area (Å²) in [4.78, 5) is 10.8. The van der Waals surface area contributed by atoms with Crippen LogP contribution in [0.5, 0.6) is 0 Å². The average molecular weight is 306 g/mol. The fourth-order valence-electron chi connectivity index (χ4n) is 2.19. The van der Waals surface area contributed by atoms with Gasteiger partial charge in [-0.3, -0.25) is 4.21 Å². The van der Waals surface area contributed by atoms with Crippen LogP contribution in [0, 0.1) is 19.7 Å². The average Bonchev–Trinajstić information content (AvgIpc) is 2.37. The molecule has 1 unspecified atom stereocenters. The van der Waals surface area contributed by atoms with Gasteiger partial charge in [0.25, 0.3) is 0 Å². The standard InChI is InChI=1S/C16H15FO3S/c1-10-5-11(2)7-12(6-10)9-21(20)15-8-13(16(18)19)3-4-14(15)17/h3-8H,9H2,1-2H3,(H,18,19). The third-order valence-electron chi connectivity index (χ3n) is 3.00. The Kier molecular flexibility index (Phi) is 4.53. The van der Waals surface area contributed by atoms with Crippen molar-refractivity contribution in [3.05, 3.63) is 64.5 Å². The normalized spacial score (nSPS) is 12.1. The van der Waals surface area contributed by atoms with E-state index >= 15 is 0 Å². The van der Waals surface area contributed by atoms with E-state index in [1.54, 1.807) is 0 Å². The quantitative estimate of drug-likeness (QED) is 0.941. The zero-order valence-electron chi connectivity index (χ0n) is 11.7. The van der Waals surface area contributed by atoms with Gasteiger partial charge in [-0.05, 0) is 37.6 Å². The van der Waals surface area contributed by atoms with Gasteiger partial charge >= 0.3 is 5.97 Å². The molecule has 21 heavy (non-hydrogen) atoms. The van der Waals surface area contributed by atoms with Crippen molar-refractivity contribution in [3.8, 4) is 0 Å². The van der Waals surface area contributed by atoms with Crippen LogP contribution < -0.4 is 0 Å². The van der Waals surface area contributed by atoms with E-state index in [4.69, 9.17) is 5.11 Å². The van der Waals surface area contributed by atoms with Gasteiger partial charge in [0.2, 0.25) is 0 Å². The molecule has 0 fully saturated rings. The number of aryl methyl sites for hydroxylation is 2. The summed E-state index contributed by atoms with van der Waals surface area (Å²) in [6.07, 6.45) is 0. The Morgan fingerprint density at radius 2 is 1.76 bits per heavy atom. The molecule has 0 spiro atoms. The molecule has 0 aromatic heterocycles. The monoisotopic (exact) mass is 306 g/mol. The zero-order valence-corrected chi connectivity index (χ0v) is 12.5. The van der Waals surface area contributed by atoms with E-state index < -0.39 is 22.6 Å². The number of carboxylic acid groups (broad SMARTS) is 1. The van der Waals surface area contributed by atoms with E-state index in [9.17, 15) is 13.4 Å². The smallest absolute Gasteiger partial charge is 0.335 e. The molecule has 1 N–H and O–H groups in total. The maximum absolute atomic E-state index is 13.8. The number of hydrogen-bond acceptors (Lipinski definition) is 2. The van der Waals surface area contributed by atoms with Crippen LogP contribution in [-0.4, -0.2) is 15.3 Å². The molecule has 5 heteroatoms. The largest absolute Gasteiger partial charge is 0.478 e. The number of halogens is 1. The van der Waals surface area contributed by atoms with Gasteiger partial charge in [-0.15, -0.1) is 0 Å². The van der Waals surface area contributed by atoms with Gasteiger partial charge in [0.1, 0.15) is 5.82 Å². The fraction of sp³-hybridized carbons (Fsp3) is 0.188. The second-order valence-corrected chi connectivity index (χ2v) is 6.36. The zero-order chi connectivity index (χ0) is 15.6. The first-order valence-corrected chi connectivity index (χ1v) is 7.67. The highest BCUT2D eigenvalue weighted by Crippen LogP contribution is 2.19. The molecular weight excluding hydrogens is 291 g/mol. The van der Waals surface area contributed by atoms with E-state index in [1.165, 1.54) is 0 Å². The molecule has 2 rings (SSSR count).